The molecular formula is C26H25Cl2N3O6S. The van der Waals surface area contributed by atoms with E-state index < -0.39 is 15.9 Å². The number of fused-ring (bicyclic) bond motifs is 1. The molecule has 3 aromatic rings. The molecule has 200 valence electrons. The molecule has 9 nitrogen and oxygen atoms in total. The van der Waals surface area contributed by atoms with E-state index in [-0.39, 0.29) is 28.0 Å². The Kier molecular flexibility index (Phi) is 7.69. The summed E-state index contributed by atoms with van der Waals surface area (Å²) in [5, 5.41) is 3.28. The number of benzene rings is 3. The van der Waals surface area contributed by atoms with Crippen LogP contribution in [0, 0.1) is 0 Å². The van der Waals surface area contributed by atoms with Gasteiger partial charge in [-0.15, -0.1) is 0 Å². The second-order valence-electron chi connectivity index (χ2n) is 8.81. The lowest BCUT2D eigenvalue weighted by molar-refractivity contribution is 0.102. The number of rotatable bonds is 7. The number of ether oxygens (including phenoxy) is 3. The van der Waals surface area contributed by atoms with E-state index in [9.17, 15) is 13.2 Å². The van der Waals surface area contributed by atoms with Crippen LogP contribution in [0.2, 0.25) is 10.0 Å². The highest BCUT2D eigenvalue weighted by atomic mass is 35.5. The lowest BCUT2D eigenvalue weighted by atomic mass is 10.2. The Balaban J connectivity index is 1.27. The standard InChI is InChI=1S/C26H25Cl2N3O6S/c1-35-23-7-4-19(14-22(23)29-26(32)20-5-3-18(27)13-21(20)28)38(33,34)31-10-8-30(9-11-31)15-17-2-6-24-25(12-17)37-16-36-24/h2-7,12-14H,8-11,15-16H2,1H3,(H,29,32). The second-order valence-corrected chi connectivity index (χ2v) is 11.6. The number of carbonyl (C=O) groups excluding carboxylic acids is 1. The third kappa shape index (κ3) is 5.55. The van der Waals surface area contributed by atoms with Gasteiger partial charge < -0.3 is 19.5 Å². The molecule has 0 aromatic heterocycles. The van der Waals surface area contributed by atoms with E-state index >= 15 is 0 Å². The van der Waals surface area contributed by atoms with E-state index in [0.717, 1.165) is 17.1 Å². The molecule has 3 aromatic carbocycles. The molecule has 2 aliphatic heterocycles. The van der Waals surface area contributed by atoms with Gasteiger partial charge in [-0.2, -0.15) is 4.31 Å². The number of nitrogens with zero attached hydrogens (tertiary/aromatic N) is 2. The minimum Gasteiger partial charge on any atom is -0.495 e. The number of piperazine rings is 1. The molecular weight excluding hydrogens is 553 g/mol. The summed E-state index contributed by atoms with van der Waals surface area (Å²) >= 11 is 12.1. The minimum absolute atomic E-state index is 0.0556. The third-order valence-electron chi connectivity index (χ3n) is 6.41. The fourth-order valence-electron chi connectivity index (χ4n) is 4.38. The second kappa shape index (κ2) is 11.0. The molecule has 12 heteroatoms. The monoisotopic (exact) mass is 577 g/mol. The van der Waals surface area contributed by atoms with E-state index in [1.54, 1.807) is 6.07 Å². The van der Waals surface area contributed by atoms with E-state index in [4.69, 9.17) is 37.4 Å². The number of hydrogen-bond acceptors (Lipinski definition) is 7. The fraction of sp³-hybridized carbons (Fsp3) is 0.269. The molecule has 1 fully saturated rings. The van der Waals surface area contributed by atoms with Crippen molar-refractivity contribution in [3.8, 4) is 17.2 Å². The minimum atomic E-state index is -3.81. The first-order chi connectivity index (χ1) is 18.2. The lowest BCUT2D eigenvalue weighted by Gasteiger charge is -2.34. The molecule has 1 amide bonds. The van der Waals surface area contributed by atoms with Gasteiger partial charge in [0.15, 0.2) is 11.5 Å². The maximum atomic E-state index is 13.5. The van der Waals surface area contributed by atoms with Crippen LogP contribution in [-0.4, -0.2) is 63.6 Å². The van der Waals surface area contributed by atoms with Crippen LogP contribution in [0.15, 0.2) is 59.5 Å². The Morgan fingerprint density at radius 3 is 2.47 bits per heavy atom. The van der Waals surface area contributed by atoms with Crippen molar-refractivity contribution in [1.29, 1.82) is 0 Å². The maximum Gasteiger partial charge on any atom is 0.257 e. The number of nitrogens with one attached hydrogen (secondary N) is 1. The SMILES string of the molecule is COc1ccc(S(=O)(=O)N2CCN(Cc3ccc4c(c3)OCO4)CC2)cc1NC(=O)c1ccc(Cl)cc1Cl. The topological polar surface area (TPSA) is 97.4 Å². The van der Waals surface area contributed by atoms with Crippen LogP contribution in [0.5, 0.6) is 17.2 Å². The van der Waals surface area contributed by atoms with Gasteiger partial charge in [0.2, 0.25) is 16.8 Å². The van der Waals surface area contributed by atoms with Crippen molar-refractivity contribution < 1.29 is 27.4 Å². The zero-order valence-corrected chi connectivity index (χ0v) is 22.8. The first-order valence-corrected chi connectivity index (χ1v) is 14.0. The first-order valence-electron chi connectivity index (χ1n) is 11.8. The highest BCUT2D eigenvalue weighted by Gasteiger charge is 2.29. The molecule has 1 N–H and O–H groups in total. The number of amides is 1. The van der Waals surface area contributed by atoms with E-state index in [1.165, 1.54) is 41.7 Å². The quantitative estimate of drug-likeness (QED) is 0.442. The normalized spacial score (nSPS) is 15.9. The molecule has 0 spiro atoms. The average molecular weight is 578 g/mol. The molecule has 0 saturated carbocycles. The zero-order valence-electron chi connectivity index (χ0n) is 20.4. The van der Waals surface area contributed by atoms with Crippen LogP contribution in [0.25, 0.3) is 0 Å². The summed E-state index contributed by atoms with van der Waals surface area (Å²) in [6.45, 7) is 2.71. The molecule has 0 radical (unpaired) electrons. The Morgan fingerprint density at radius 1 is 0.974 bits per heavy atom. The number of anilines is 1. The highest BCUT2D eigenvalue weighted by molar-refractivity contribution is 7.89. The molecule has 2 heterocycles. The maximum absolute atomic E-state index is 13.5. The van der Waals surface area contributed by atoms with Gasteiger partial charge in [0.05, 0.1) is 28.3 Å². The largest absolute Gasteiger partial charge is 0.495 e. The van der Waals surface area contributed by atoms with Crippen LogP contribution in [0.1, 0.15) is 15.9 Å². The van der Waals surface area contributed by atoms with Crippen molar-refractivity contribution in [2.75, 3.05) is 45.4 Å². The number of hydrogen-bond donors (Lipinski definition) is 1. The smallest absolute Gasteiger partial charge is 0.257 e. The van der Waals surface area contributed by atoms with Crippen LogP contribution in [0.3, 0.4) is 0 Å². The number of methoxy groups -OCH3 is 1. The molecule has 1 saturated heterocycles. The van der Waals surface area contributed by atoms with Gasteiger partial charge in [0, 0.05) is 37.7 Å². The van der Waals surface area contributed by atoms with Crippen LogP contribution >= 0.6 is 23.2 Å². The molecule has 0 atom stereocenters. The van der Waals surface area contributed by atoms with Gasteiger partial charge in [-0.25, -0.2) is 8.42 Å². The Bertz CT molecular complexity index is 1480. The molecule has 0 bridgehead atoms. The summed E-state index contributed by atoms with van der Waals surface area (Å²) in [6, 6.07) is 14.7. The predicted molar refractivity (Wildman–Crippen MR) is 144 cm³/mol. The van der Waals surface area contributed by atoms with E-state index in [2.05, 4.69) is 10.2 Å². The summed E-state index contributed by atoms with van der Waals surface area (Å²) in [5.74, 6) is 1.26. The number of halogens is 2. The van der Waals surface area contributed by atoms with Gasteiger partial charge >= 0.3 is 0 Å². The summed E-state index contributed by atoms with van der Waals surface area (Å²) in [7, 11) is -2.37. The summed E-state index contributed by atoms with van der Waals surface area (Å²) in [5.41, 5.74) is 1.48. The fourth-order valence-corrected chi connectivity index (χ4v) is 6.33. The van der Waals surface area contributed by atoms with Gasteiger partial charge in [-0.3, -0.25) is 9.69 Å². The van der Waals surface area contributed by atoms with E-state index in [0.29, 0.717) is 43.5 Å². The lowest BCUT2D eigenvalue weighted by Crippen LogP contribution is -2.48. The summed E-state index contributed by atoms with van der Waals surface area (Å²) < 4.78 is 44.5. The van der Waals surface area contributed by atoms with E-state index in [1.807, 2.05) is 18.2 Å². The van der Waals surface area contributed by atoms with Crippen LogP contribution < -0.4 is 19.5 Å². The van der Waals surface area contributed by atoms with Crippen molar-refractivity contribution in [3.63, 3.8) is 0 Å². The molecule has 5 rings (SSSR count). The van der Waals surface area contributed by atoms with Gasteiger partial charge in [-0.1, -0.05) is 29.3 Å². The van der Waals surface area contributed by atoms with Crippen molar-refractivity contribution in [1.82, 2.24) is 9.21 Å². The molecule has 38 heavy (non-hydrogen) atoms. The Labute approximate surface area is 230 Å². The molecule has 0 unspecified atom stereocenters. The third-order valence-corrected chi connectivity index (χ3v) is 8.85. The zero-order chi connectivity index (χ0) is 26.9. The summed E-state index contributed by atoms with van der Waals surface area (Å²) in [6.07, 6.45) is 0. The van der Waals surface area contributed by atoms with Crippen LogP contribution in [0.4, 0.5) is 5.69 Å². The van der Waals surface area contributed by atoms with Crippen LogP contribution in [-0.2, 0) is 16.6 Å². The van der Waals surface area contributed by atoms with Gasteiger partial charge in [0.25, 0.3) is 5.91 Å². The number of carbonyl (C=O) groups is 1. The van der Waals surface area contributed by atoms with Crippen molar-refractivity contribution in [2.45, 2.75) is 11.4 Å². The summed E-state index contributed by atoms with van der Waals surface area (Å²) in [4.78, 5) is 15.1. The number of sulfonamides is 1. The van der Waals surface area contributed by atoms with Gasteiger partial charge in [-0.05, 0) is 54.1 Å². The average Bonchev–Trinajstić information content (AvgIpc) is 3.37. The predicted octanol–water partition coefficient (Wildman–Crippen LogP) is 4.49. The Hall–Kier alpha value is -3.02. The van der Waals surface area contributed by atoms with Crippen molar-refractivity contribution in [2.24, 2.45) is 0 Å². The van der Waals surface area contributed by atoms with Gasteiger partial charge in [0.1, 0.15) is 5.75 Å². The molecule has 2 aliphatic rings. The van der Waals surface area contributed by atoms with Crippen molar-refractivity contribution >= 4 is 44.8 Å². The first kappa shape index (κ1) is 26.6. The highest BCUT2D eigenvalue weighted by Crippen LogP contribution is 2.33. The molecule has 0 aliphatic carbocycles. The van der Waals surface area contributed by atoms with Crippen molar-refractivity contribution in [3.05, 3.63) is 75.8 Å². The Morgan fingerprint density at radius 2 is 1.74 bits per heavy atom.